The minimum atomic E-state index is 0.0779. The molecule has 0 saturated carbocycles. The van der Waals surface area contributed by atoms with Crippen molar-refractivity contribution in [3.05, 3.63) is 17.0 Å². The minimum Gasteiger partial charge on any atom is -0.372 e. The summed E-state index contributed by atoms with van der Waals surface area (Å²) in [4.78, 5) is 0. The fraction of sp³-hybridized carbons (Fsp3) is 0.750. The van der Waals surface area contributed by atoms with Crippen LogP contribution in [0, 0.1) is 13.8 Å². The average molecular weight is 225 g/mol. The smallest absolute Gasteiger partial charge is 0.0833 e. The fourth-order valence-electron chi connectivity index (χ4n) is 2.06. The lowest BCUT2D eigenvalue weighted by molar-refractivity contribution is 0.0708. The Morgan fingerprint density at radius 1 is 1.44 bits per heavy atom. The minimum absolute atomic E-state index is 0.0779. The maximum Gasteiger partial charge on any atom is 0.0833 e. The van der Waals surface area contributed by atoms with Crippen molar-refractivity contribution in [3.63, 3.8) is 0 Å². The van der Waals surface area contributed by atoms with Crippen LogP contribution >= 0.6 is 0 Å². The number of rotatable bonds is 6. The topological polar surface area (TPSA) is 53.1 Å². The van der Waals surface area contributed by atoms with E-state index in [9.17, 15) is 0 Å². The second kappa shape index (κ2) is 6.01. The first-order valence-corrected chi connectivity index (χ1v) is 5.97. The van der Waals surface area contributed by atoms with Crippen LogP contribution in [-0.2, 0) is 11.3 Å². The molecule has 16 heavy (non-hydrogen) atoms. The van der Waals surface area contributed by atoms with E-state index in [2.05, 4.69) is 30.6 Å². The van der Waals surface area contributed by atoms with E-state index in [-0.39, 0.29) is 6.10 Å². The predicted molar refractivity (Wildman–Crippen MR) is 65.4 cm³/mol. The number of aromatic nitrogens is 2. The van der Waals surface area contributed by atoms with Gasteiger partial charge in [-0.25, -0.2) is 0 Å². The summed E-state index contributed by atoms with van der Waals surface area (Å²) in [6.07, 6.45) is 1.17. The number of hydrogen-bond acceptors (Lipinski definition) is 3. The summed E-state index contributed by atoms with van der Waals surface area (Å²) in [5.74, 6) is 0. The fourth-order valence-corrected chi connectivity index (χ4v) is 2.06. The van der Waals surface area contributed by atoms with Gasteiger partial charge in [0.05, 0.1) is 18.4 Å². The standard InChI is InChI=1S/C12H23N3O/c1-5-7-15-10(3)12(9(2)14-15)11(4)16-8-6-13/h11H,5-8,13H2,1-4H3/t11-/m1/s1. The number of nitrogens with two attached hydrogens (primary N) is 1. The van der Waals surface area contributed by atoms with Gasteiger partial charge in [-0.3, -0.25) is 4.68 Å². The Morgan fingerprint density at radius 2 is 2.12 bits per heavy atom. The van der Waals surface area contributed by atoms with Crippen LogP contribution in [0.3, 0.4) is 0 Å². The van der Waals surface area contributed by atoms with Gasteiger partial charge in [-0.2, -0.15) is 5.10 Å². The number of nitrogens with zero attached hydrogens (tertiary/aromatic N) is 2. The monoisotopic (exact) mass is 225 g/mol. The largest absolute Gasteiger partial charge is 0.372 e. The Balaban J connectivity index is 2.86. The highest BCUT2D eigenvalue weighted by Gasteiger charge is 2.17. The lowest BCUT2D eigenvalue weighted by Gasteiger charge is -2.13. The molecule has 1 rings (SSSR count). The zero-order valence-corrected chi connectivity index (χ0v) is 10.8. The zero-order chi connectivity index (χ0) is 12.1. The second-order valence-corrected chi connectivity index (χ2v) is 4.11. The molecule has 0 aromatic carbocycles. The van der Waals surface area contributed by atoms with Gasteiger partial charge in [0.15, 0.2) is 0 Å². The molecule has 1 aromatic heterocycles. The summed E-state index contributed by atoms with van der Waals surface area (Å²) in [6.45, 7) is 10.5. The summed E-state index contributed by atoms with van der Waals surface area (Å²) in [6, 6.07) is 0. The third-order valence-corrected chi connectivity index (χ3v) is 2.77. The van der Waals surface area contributed by atoms with E-state index in [0.717, 1.165) is 18.7 Å². The highest BCUT2D eigenvalue weighted by atomic mass is 16.5. The van der Waals surface area contributed by atoms with E-state index >= 15 is 0 Å². The van der Waals surface area contributed by atoms with Gasteiger partial charge in [-0.15, -0.1) is 0 Å². The molecule has 0 aliphatic heterocycles. The molecule has 4 heteroatoms. The molecule has 0 unspecified atom stereocenters. The van der Waals surface area contributed by atoms with Crippen LogP contribution in [0.5, 0.6) is 0 Å². The molecule has 4 nitrogen and oxygen atoms in total. The summed E-state index contributed by atoms with van der Waals surface area (Å²) >= 11 is 0. The van der Waals surface area contributed by atoms with Crippen LogP contribution in [0.15, 0.2) is 0 Å². The van der Waals surface area contributed by atoms with Gasteiger partial charge in [0.25, 0.3) is 0 Å². The van der Waals surface area contributed by atoms with Gasteiger partial charge >= 0.3 is 0 Å². The van der Waals surface area contributed by atoms with Gasteiger partial charge in [0.2, 0.25) is 0 Å². The first-order chi connectivity index (χ1) is 7.61. The van der Waals surface area contributed by atoms with E-state index in [1.54, 1.807) is 0 Å². The molecular formula is C12H23N3O. The van der Waals surface area contributed by atoms with Crippen molar-refractivity contribution in [2.24, 2.45) is 5.73 Å². The van der Waals surface area contributed by atoms with Crippen molar-refractivity contribution in [1.82, 2.24) is 9.78 Å². The van der Waals surface area contributed by atoms with Crippen molar-refractivity contribution in [1.29, 1.82) is 0 Å². The van der Waals surface area contributed by atoms with Crippen molar-refractivity contribution in [2.75, 3.05) is 13.2 Å². The van der Waals surface area contributed by atoms with Crippen molar-refractivity contribution in [3.8, 4) is 0 Å². The molecule has 1 aromatic rings. The van der Waals surface area contributed by atoms with Gasteiger partial charge < -0.3 is 10.5 Å². The van der Waals surface area contributed by atoms with Crippen molar-refractivity contribution in [2.45, 2.75) is 46.8 Å². The Hall–Kier alpha value is -0.870. The molecule has 0 bridgehead atoms. The van der Waals surface area contributed by atoms with Crippen molar-refractivity contribution >= 4 is 0 Å². The van der Waals surface area contributed by atoms with Crippen molar-refractivity contribution < 1.29 is 4.74 Å². The maximum absolute atomic E-state index is 5.65. The first kappa shape index (κ1) is 13.2. The third kappa shape index (κ3) is 2.83. The predicted octanol–water partition coefficient (Wildman–Crippen LogP) is 1.95. The zero-order valence-electron chi connectivity index (χ0n) is 10.8. The molecule has 0 saturated heterocycles. The Bertz CT molecular complexity index is 333. The van der Waals surface area contributed by atoms with Gasteiger partial charge in [0.1, 0.15) is 0 Å². The summed E-state index contributed by atoms with van der Waals surface area (Å²) in [5.41, 5.74) is 8.93. The van der Waals surface area contributed by atoms with Crippen LogP contribution in [0.2, 0.25) is 0 Å². The maximum atomic E-state index is 5.65. The lowest BCUT2D eigenvalue weighted by atomic mass is 10.1. The molecule has 0 radical (unpaired) electrons. The Labute approximate surface area is 97.8 Å². The normalized spacial score (nSPS) is 13.1. The first-order valence-electron chi connectivity index (χ1n) is 5.97. The van der Waals surface area contributed by atoms with Crippen LogP contribution in [0.25, 0.3) is 0 Å². The molecule has 0 amide bonds. The molecule has 1 atom stereocenters. The number of hydrogen-bond donors (Lipinski definition) is 1. The summed E-state index contributed by atoms with van der Waals surface area (Å²) < 4.78 is 7.71. The van der Waals surface area contributed by atoms with Crippen LogP contribution in [0.1, 0.15) is 43.3 Å². The number of aryl methyl sites for hydroxylation is 2. The molecule has 0 aliphatic rings. The quantitative estimate of drug-likeness (QED) is 0.805. The molecule has 2 N–H and O–H groups in total. The molecule has 92 valence electrons. The Morgan fingerprint density at radius 3 is 2.69 bits per heavy atom. The molecule has 0 spiro atoms. The van der Waals surface area contributed by atoms with E-state index in [4.69, 9.17) is 10.5 Å². The lowest BCUT2D eigenvalue weighted by Crippen LogP contribution is -2.12. The van der Waals surface area contributed by atoms with Crippen LogP contribution in [0.4, 0.5) is 0 Å². The number of ether oxygens (including phenoxy) is 1. The van der Waals surface area contributed by atoms with Crippen LogP contribution in [-0.4, -0.2) is 22.9 Å². The Kier molecular flexibility index (Phi) is 4.96. The van der Waals surface area contributed by atoms with E-state index in [1.807, 2.05) is 6.92 Å². The van der Waals surface area contributed by atoms with E-state index in [1.165, 1.54) is 11.3 Å². The second-order valence-electron chi connectivity index (χ2n) is 4.11. The SMILES string of the molecule is CCCn1nc(C)c([C@@H](C)OCCN)c1C. The summed E-state index contributed by atoms with van der Waals surface area (Å²) in [7, 11) is 0. The van der Waals surface area contributed by atoms with Gasteiger partial charge in [-0.1, -0.05) is 6.92 Å². The molecular weight excluding hydrogens is 202 g/mol. The van der Waals surface area contributed by atoms with E-state index < -0.39 is 0 Å². The van der Waals surface area contributed by atoms with Gasteiger partial charge in [-0.05, 0) is 27.2 Å². The highest BCUT2D eigenvalue weighted by Crippen LogP contribution is 2.24. The van der Waals surface area contributed by atoms with Gasteiger partial charge in [0, 0.05) is 24.3 Å². The van der Waals surface area contributed by atoms with E-state index in [0.29, 0.717) is 13.2 Å². The summed E-state index contributed by atoms with van der Waals surface area (Å²) in [5, 5.41) is 4.53. The third-order valence-electron chi connectivity index (χ3n) is 2.77. The highest BCUT2D eigenvalue weighted by molar-refractivity contribution is 5.26. The average Bonchev–Trinajstić information content (AvgIpc) is 2.52. The van der Waals surface area contributed by atoms with Crippen LogP contribution < -0.4 is 5.73 Å². The molecule has 0 aliphatic carbocycles. The molecule has 1 heterocycles. The molecule has 0 fully saturated rings.